The lowest BCUT2D eigenvalue weighted by Crippen LogP contribution is -2.10. The summed E-state index contributed by atoms with van der Waals surface area (Å²) in [7, 11) is 0. The topological polar surface area (TPSA) is 42.2 Å². The van der Waals surface area contributed by atoms with E-state index in [0.717, 1.165) is 33.1 Å². The highest BCUT2D eigenvalue weighted by atomic mass is 35.5. The van der Waals surface area contributed by atoms with Gasteiger partial charge in [0.2, 0.25) is 0 Å². The second kappa shape index (κ2) is 7.73. The van der Waals surface area contributed by atoms with Crippen LogP contribution in [-0.2, 0) is 5.41 Å². The Labute approximate surface area is 180 Å². The van der Waals surface area contributed by atoms with Crippen LogP contribution in [0.4, 0.5) is 5.82 Å². The number of hydrogen-bond acceptors (Lipinski definition) is 4. The first-order valence-electron chi connectivity index (χ1n) is 9.45. The summed E-state index contributed by atoms with van der Waals surface area (Å²) in [6.45, 7) is 8.71. The van der Waals surface area contributed by atoms with E-state index in [0.29, 0.717) is 5.02 Å². The third-order valence-electron chi connectivity index (χ3n) is 4.88. The maximum atomic E-state index is 6.44. The molecule has 1 aromatic carbocycles. The van der Waals surface area contributed by atoms with Crippen LogP contribution < -0.4 is 4.72 Å². The van der Waals surface area contributed by atoms with Crippen molar-refractivity contribution in [3.05, 3.63) is 77.1 Å². The molecular formula is C23H23ClN4S. The number of halogens is 1. The Balaban J connectivity index is 1.63. The molecule has 0 aliphatic carbocycles. The van der Waals surface area contributed by atoms with Gasteiger partial charge in [0.05, 0.1) is 16.2 Å². The first kappa shape index (κ1) is 19.8. The average Bonchev–Trinajstić information content (AvgIpc) is 3.14. The zero-order valence-electron chi connectivity index (χ0n) is 16.9. The molecule has 0 radical (unpaired) electrons. The predicted octanol–water partition coefficient (Wildman–Crippen LogP) is 6.77. The molecule has 4 aromatic rings. The monoisotopic (exact) mass is 422 g/mol. The number of fused-ring (bicyclic) bond motifs is 1. The van der Waals surface area contributed by atoms with Crippen molar-refractivity contribution in [3.63, 3.8) is 0 Å². The second-order valence-electron chi connectivity index (χ2n) is 8.06. The summed E-state index contributed by atoms with van der Waals surface area (Å²) < 4.78 is 5.26. The number of benzene rings is 1. The molecule has 148 valence electrons. The van der Waals surface area contributed by atoms with Crippen molar-refractivity contribution in [2.45, 2.75) is 38.0 Å². The molecule has 29 heavy (non-hydrogen) atoms. The van der Waals surface area contributed by atoms with Crippen LogP contribution >= 0.6 is 23.5 Å². The first-order valence-corrected chi connectivity index (χ1v) is 10.6. The number of nitrogens with one attached hydrogen (secondary N) is 1. The van der Waals surface area contributed by atoms with Crippen LogP contribution in [0.5, 0.6) is 0 Å². The van der Waals surface area contributed by atoms with Crippen molar-refractivity contribution < 1.29 is 0 Å². The molecule has 3 aromatic heterocycles. The minimum atomic E-state index is 0.148. The number of aryl methyl sites for hydroxylation is 1. The van der Waals surface area contributed by atoms with Crippen molar-refractivity contribution in [2.24, 2.45) is 0 Å². The van der Waals surface area contributed by atoms with Gasteiger partial charge in [-0.25, -0.2) is 4.52 Å². The zero-order chi connectivity index (χ0) is 20.6. The Morgan fingerprint density at radius 2 is 1.79 bits per heavy atom. The maximum absolute atomic E-state index is 6.44. The van der Waals surface area contributed by atoms with E-state index in [-0.39, 0.29) is 5.41 Å². The van der Waals surface area contributed by atoms with Gasteiger partial charge in [0.15, 0.2) is 0 Å². The van der Waals surface area contributed by atoms with Crippen LogP contribution in [-0.4, -0.2) is 14.6 Å². The number of rotatable bonds is 4. The van der Waals surface area contributed by atoms with Crippen molar-refractivity contribution in [1.29, 1.82) is 0 Å². The molecular weight excluding hydrogens is 400 g/mol. The lowest BCUT2D eigenvalue weighted by molar-refractivity contribution is 0.590. The number of pyridine rings is 2. The molecule has 0 aliphatic rings. The van der Waals surface area contributed by atoms with E-state index < -0.39 is 0 Å². The van der Waals surface area contributed by atoms with Gasteiger partial charge >= 0.3 is 0 Å². The smallest absolute Gasteiger partial charge is 0.138 e. The van der Waals surface area contributed by atoms with E-state index in [1.54, 1.807) is 18.1 Å². The van der Waals surface area contributed by atoms with Gasteiger partial charge in [0.1, 0.15) is 5.82 Å². The molecule has 3 heterocycles. The maximum Gasteiger partial charge on any atom is 0.138 e. The molecule has 0 atom stereocenters. The van der Waals surface area contributed by atoms with Gasteiger partial charge in [0.25, 0.3) is 0 Å². The van der Waals surface area contributed by atoms with Gasteiger partial charge in [-0.3, -0.25) is 4.98 Å². The summed E-state index contributed by atoms with van der Waals surface area (Å²) in [6.07, 6.45) is 3.62. The molecule has 4 rings (SSSR count). The van der Waals surface area contributed by atoms with E-state index in [1.807, 2.05) is 35.0 Å². The molecule has 0 bridgehead atoms. The zero-order valence-corrected chi connectivity index (χ0v) is 18.5. The highest BCUT2D eigenvalue weighted by molar-refractivity contribution is 8.00. The van der Waals surface area contributed by atoms with Crippen LogP contribution in [0.2, 0.25) is 5.02 Å². The van der Waals surface area contributed by atoms with E-state index >= 15 is 0 Å². The number of aromatic nitrogens is 3. The standard InChI is InChI=1S/C23H23ClN4S/c1-15-11-12-25-14-18(15)20-13-21-19(24)9-10-22(28(21)26-20)27-29-17-7-5-16(6-8-17)23(2,3)4/h5-14,27H,1-4H3. The van der Waals surface area contributed by atoms with Gasteiger partial charge in [-0.15, -0.1) is 0 Å². The fraction of sp³-hybridized carbons (Fsp3) is 0.217. The van der Waals surface area contributed by atoms with Crippen molar-refractivity contribution in [2.75, 3.05) is 4.72 Å². The summed E-state index contributed by atoms with van der Waals surface area (Å²) in [4.78, 5) is 5.37. The lowest BCUT2D eigenvalue weighted by Gasteiger charge is -2.19. The minimum Gasteiger partial charge on any atom is -0.310 e. The highest BCUT2D eigenvalue weighted by Crippen LogP contribution is 2.31. The van der Waals surface area contributed by atoms with E-state index in [1.165, 1.54) is 5.56 Å². The number of anilines is 1. The summed E-state index contributed by atoms with van der Waals surface area (Å²) in [5.41, 5.74) is 5.31. The van der Waals surface area contributed by atoms with E-state index in [4.69, 9.17) is 16.7 Å². The first-order chi connectivity index (χ1) is 13.8. The number of nitrogens with zero attached hydrogens (tertiary/aromatic N) is 3. The van der Waals surface area contributed by atoms with Crippen molar-refractivity contribution >= 4 is 34.9 Å². The molecule has 0 unspecified atom stereocenters. The summed E-state index contributed by atoms with van der Waals surface area (Å²) >= 11 is 7.99. The molecule has 0 saturated carbocycles. The third kappa shape index (κ3) is 4.11. The molecule has 1 N–H and O–H groups in total. The Hall–Kier alpha value is -2.50. The Bertz CT molecular complexity index is 1160. The Morgan fingerprint density at radius 1 is 1.03 bits per heavy atom. The van der Waals surface area contributed by atoms with Crippen molar-refractivity contribution in [3.8, 4) is 11.3 Å². The average molecular weight is 423 g/mol. The van der Waals surface area contributed by atoms with Crippen LogP contribution in [0.15, 0.2) is 65.8 Å². The number of hydrogen-bond donors (Lipinski definition) is 1. The molecule has 0 spiro atoms. The normalized spacial score (nSPS) is 11.8. The third-order valence-corrected chi connectivity index (χ3v) is 6.02. The fourth-order valence-electron chi connectivity index (χ4n) is 3.12. The van der Waals surface area contributed by atoms with E-state index in [9.17, 15) is 0 Å². The van der Waals surface area contributed by atoms with Gasteiger partial charge in [-0.1, -0.05) is 44.5 Å². The molecule has 6 heteroatoms. The van der Waals surface area contributed by atoms with Gasteiger partial charge in [-0.2, -0.15) is 5.10 Å². The lowest BCUT2D eigenvalue weighted by atomic mass is 9.87. The van der Waals surface area contributed by atoms with Crippen LogP contribution in [0.1, 0.15) is 31.9 Å². The second-order valence-corrected chi connectivity index (χ2v) is 9.35. The summed E-state index contributed by atoms with van der Waals surface area (Å²) in [6, 6.07) is 16.5. The molecule has 0 saturated heterocycles. The minimum absolute atomic E-state index is 0.148. The Morgan fingerprint density at radius 3 is 2.48 bits per heavy atom. The van der Waals surface area contributed by atoms with Gasteiger partial charge < -0.3 is 4.72 Å². The highest BCUT2D eigenvalue weighted by Gasteiger charge is 2.14. The Kier molecular flexibility index (Phi) is 5.28. The fourth-order valence-corrected chi connectivity index (χ4v) is 3.96. The molecule has 0 aliphatic heterocycles. The van der Waals surface area contributed by atoms with Crippen molar-refractivity contribution in [1.82, 2.24) is 14.6 Å². The summed E-state index contributed by atoms with van der Waals surface area (Å²) in [5, 5.41) is 5.44. The van der Waals surface area contributed by atoms with Gasteiger partial charge in [0, 0.05) is 22.9 Å². The SMILES string of the molecule is Cc1ccncc1-c1cc2c(Cl)ccc(NSc3ccc(C(C)(C)C)cc3)n2n1. The van der Waals surface area contributed by atoms with Crippen LogP contribution in [0.25, 0.3) is 16.8 Å². The largest absolute Gasteiger partial charge is 0.310 e. The predicted molar refractivity (Wildman–Crippen MR) is 123 cm³/mol. The molecule has 0 amide bonds. The molecule has 0 fully saturated rings. The molecule has 4 nitrogen and oxygen atoms in total. The quantitative estimate of drug-likeness (QED) is 0.368. The van der Waals surface area contributed by atoms with Crippen LogP contribution in [0.3, 0.4) is 0 Å². The van der Waals surface area contributed by atoms with Crippen LogP contribution in [0, 0.1) is 6.92 Å². The van der Waals surface area contributed by atoms with Gasteiger partial charge in [-0.05, 0) is 71.8 Å². The van der Waals surface area contributed by atoms with E-state index in [2.05, 4.69) is 61.7 Å². The summed E-state index contributed by atoms with van der Waals surface area (Å²) in [5.74, 6) is 0.863.